The number of hydrogen-bond acceptors (Lipinski definition) is 4. The molecular formula is C32H30N2O3. The Morgan fingerprint density at radius 1 is 0.865 bits per heavy atom. The zero-order valence-corrected chi connectivity index (χ0v) is 21.0. The third kappa shape index (κ3) is 4.46. The van der Waals surface area contributed by atoms with E-state index >= 15 is 0 Å². The Labute approximate surface area is 216 Å². The summed E-state index contributed by atoms with van der Waals surface area (Å²) in [6.45, 7) is 6.41. The molecule has 0 radical (unpaired) electrons. The smallest absolute Gasteiger partial charge is 0.256 e. The number of hydrogen-bond donors (Lipinski definition) is 2. The topological polar surface area (TPSA) is 65.6 Å². The number of rotatable bonds is 5. The minimum Gasteiger partial charge on any atom is -0.392 e. The van der Waals surface area contributed by atoms with Gasteiger partial charge in [0, 0.05) is 31.4 Å². The van der Waals surface area contributed by atoms with Crippen molar-refractivity contribution in [1.82, 2.24) is 9.88 Å². The summed E-state index contributed by atoms with van der Waals surface area (Å²) in [6, 6.07) is 25.0. The molecule has 0 unspecified atom stereocenters. The number of nitrogens with zero attached hydrogens (tertiary/aromatic N) is 1. The first-order chi connectivity index (χ1) is 18.1. The van der Waals surface area contributed by atoms with E-state index < -0.39 is 0 Å². The lowest BCUT2D eigenvalue weighted by molar-refractivity contribution is 0.0342. The fourth-order valence-corrected chi connectivity index (χ4v) is 5.47. The number of aliphatic hydroxyl groups is 1. The van der Waals surface area contributed by atoms with E-state index in [-0.39, 0.29) is 12.2 Å². The molecular weight excluding hydrogens is 460 g/mol. The van der Waals surface area contributed by atoms with Crippen LogP contribution in [0.5, 0.6) is 0 Å². The lowest BCUT2D eigenvalue weighted by atomic mass is 9.91. The van der Waals surface area contributed by atoms with Crippen LogP contribution in [0.1, 0.15) is 16.7 Å². The van der Waals surface area contributed by atoms with Crippen molar-refractivity contribution in [2.75, 3.05) is 26.3 Å². The lowest BCUT2D eigenvalue weighted by Crippen LogP contribution is -2.35. The summed E-state index contributed by atoms with van der Waals surface area (Å²) in [5.74, 6) is 0. The number of morpholine rings is 1. The molecule has 186 valence electrons. The van der Waals surface area contributed by atoms with Crippen LogP contribution in [0.15, 0.2) is 83.8 Å². The van der Waals surface area contributed by atoms with Crippen molar-refractivity contribution in [2.45, 2.75) is 20.1 Å². The van der Waals surface area contributed by atoms with Gasteiger partial charge in [0.1, 0.15) is 0 Å². The number of pyridine rings is 1. The molecule has 5 nitrogen and oxygen atoms in total. The van der Waals surface area contributed by atoms with Gasteiger partial charge >= 0.3 is 0 Å². The van der Waals surface area contributed by atoms with E-state index in [4.69, 9.17) is 4.74 Å². The van der Waals surface area contributed by atoms with Gasteiger partial charge < -0.3 is 14.8 Å². The molecule has 1 fully saturated rings. The summed E-state index contributed by atoms with van der Waals surface area (Å²) >= 11 is 0. The molecule has 37 heavy (non-hydrogen) atoms. The Balaban J connectivity index is 1.47. The molecule has 1 aliphatic rings. The highest BCUT2D eigenvalue weighted by molar-refractivity contribution is 6.13. The summed E-state index contributed by atoms with van der Waals surface area (Å²) in [4.78, 5) is 18.6. The molecule has 1 aliphatic heterocycles. The van der Waals surface area contributed by atoms with Crippen molar-refractivity contribution in [3.63, 3.8) is 0 Å². The molecule has 1 aromatic heterocycles. The van der Waals surface area contributed by atoms with Crippen molar-refractivity contribution in [1.29, 1.82) is 0 Å². The van der Waals surface area contributed by atoms with Gasteiger partial charge in [0.25, 0.3) is 5.56 Å². The maximum Gasteiger partial charge on any atom is 0.256 e. The van der Waals surface area contributed by atoms with Crippen LogP contribution in [0.2, 0.25) is 0 Å². The van der Waals surface area contributed by atoms with Gasteiger partial charge in [-0.05, 0) is 68.6 Å². The lowest BCUT2D eigenvalue weighted by Gasteiger charge is -2.26. The van der Waals surface area contributed by atoms with Crippen LogP contribution in [0.4, 0.5) is 0 Å². The summed E-state index contributed by atoms with van der Waals surface area (Å²) in [6.07, 6.45) is 1.79. The van der Waals surface area contributed by atoms with Crippen molar-refractivity contribution in [2.24, 2.45) is 0 Å². The van der Waals surface area contributed by atoms with E-state index in [2.05, 4.69) is 65.3 Å². The van der Waals surface area contributed by atoms with Crippen LogP contribution < -0.4 is 5.56 Å². The number of ether oxygens (including phenoxy) is 1. The number of aliphatic hydroxyl groups excluding tert-OH is 1. The summed E-state index contributed by atoms with van der Waals surface area (Å²) < 4.78 is 5.46. The SMILES string of the molecule is Cc1ccccc1-c1c[nH]c(=O)c2c1cc(CO)c1ccc(-c3ccc(CN4CCOCC4)cc3)cc12. The van der Waals surface area contributed by atoms with Gasteiger partial charge in [0.05, 0.1) is 25.2 Å². The highest BCUT2D eigenvalue weighted by Gasteiger charge is 2.16. The van der Waals surface area contributed by atoms with Gasteiger partial charge in [-0.15, -0.1) is 0 Å². The molecule has 0 bridgehead atoms. The highest BCUT2D eigenvalue weighted by Crippen LogP contribution is 2.36. The summed E-state index contributed by atoms with van der Waals surface area (Å²) in [5.41, 5.74) is 7.27. The third-order valence-electron chi connectivity index (χ3n) is 7.49. The van der Waals surface area contributed by atoms with Crippen LogP contribution >= 0.6 is 0 Å². The first kappa shape index (κ1) is 23.6. The third-order valence-corrected chi connectivity index (χ3v) is 7.49. The first-order valence-electron chi connectivity index (χ1n) is 12.8. The molecule has 1 saturated heterocycles. The van der Waals surface area contributed by atoms with Crippen LogP contribution in [0.3, 0.4) is 0 Å². The maximum absolute atomic E-state index is 13.2. The molecule has 6 rings (SSSR count). The number of nitrogens with one attached hydrogen (secondary N) is 1. The average molecular weight is 491 g/mol. The van der Waals surface area contributed by atoms with Gasteiger partial charge in [-0.2, -0.15) is 0 Å². The Morgan fingerprint density at radius 2 is 1.62 bits per heavy atom. The van der Waals surface area contributed by atoms with Gasteiger partial charge in [-0.1, -0.05) is 60.7 Å². The Kier molecular flexibility index (Phi) is 6.35. The number of aromatic amines is 1. The fraction of sp³-hybridized carbons (Fsp3) is 0.219. The van der Waals surface area contributed by atoms with E-state index in [1.807, 2.05) is 24.3 Å². The number of aryl methyl sites for hydroxylation is 1. The van der Waals surface area contributed by atoms with E-state index in [0.29, 0.717) is 5.39 Å². The zero-order valence-electron chi connectivity index (χ0n) is 21.0. The molecule has 5 heteroatoms. The molecule has 2 heterocycles. The van der Waals surface area contributed by atoms with Crippen molar-refractivity contribution >= 4 is 21.5 Å². The second kappa shape index (κ2) is 9.94. The number of aromatic nitrogens is 1. The van der Waals surface area contributed by atoms with Gasteiger partial charge in [-0.3, -0.25) is 9.69 Å². The van der Waals surface area contributed by atoms with Gasteiger partial charge in [0.2, 0.25) is 0 Å². The Hall–Kier alpha value is -3.77. The molecule has 0 aliphatic carbocycles. The van der Waals surface area contributed by atoms with Crippen LogP contribution in [-0.2, 0) is 17.9 Å². The quantitative estimate of drug-likeness (QED) is 0.313. The molecule has 0 spiro atoms. The molecule has 0 atom stereocenters. The second-order valence-corrected chi connectivity index (χ2v) is 9.81. The number of fused-ring (bicyclic) bond motifs is 3. The molecule has 4 aromatic carbocycles. The van der Waals surface area contributed by atoms with Crippen LogP contribution in [-0.4, -0.2) is 41.3 Å². The number of benzene rings is 4. The van der Waals surface area contributed by atoms with E-state index in [1.165, 1.54) is 5.56 Å². The van der Waals surface area contributed by atoms with Crippen LogP contribution in [0.25, 0.3) is 43.8 Å². The summed E-state index contributed by atoms with van der Waals surface area (Å²) in [5, 5.41) is 13.5. The van der Waals surface area contributed by atoms with Gasteiger partial charge in [-0.25, -0.2) is 0 Å². The molecule has 2 N–H and O–H groups in total. The van der Waals surface area contributed by atoms with Gasteiger partial charge in [0.15, 0.2) is 0 Å². The standard InChI is InChI=1S/C32H30N2O3/c1-21-4-2-3-5-26(21)30-18-33-32(36)31-28-16-24(10-11-27(28)25(20-35)17-29(30)31)23-8-6-22(7-9-23)19-34-12-14-37-15-13-34/h2-11,16-18,35H,12-15,19-20H2,1H3,(H,33,36). The Bertz CT molecular complexity index is 1650. The van der Waals surface area contributed by atoms with Crippen molar-refractivity contribution in [3.8, 4) is 22.3 Å². The molecule has 0 saturated carbocycles. The predicted molar refractivity (Wildman–Crippen MR) is 150 cm³/mol. The minimum absolute atomic E-state index is 0.0952. The predicted octanol–water partition coefficient (Wildman–Crippen LogP) is 5.65. The fourth-order valence-electron chi connectivity index (χ4n) is 5.47. The maximum atomic E-state index is 13.2. The minimum atomic E-state index is -0.125. The van der Waals surface area contributed by atoms with Crippen molar-refractivity contribution < 1.29 is 9.84 Å². The molecule has 5 aromatic rings. The summed E-state index contributed by atoms with van der Waals surface area (Å²) in [7, 11) is 0. The monoisotopic (exact) mass is 490 g/mol. The second-order valence-electron chi connectivity index (χ2n) is 9.81. The van der Waals surface area contributed by atoms with Crippen molar-refractivity contribution in [3.05, 3.63) is 106 Å². The van der Waals surface area contributed by atoms with E-state index in [0.717, 1.165) is 82.4 Å². The normalized spacial score (nSPS) is 14.4. The highest BCUT2D eigenvalue weighted by atomic mass is 16.5. The Morgan fingerprint density at radius 3 is 2.38 bits per heavy atom. The van der Waals surface area contributed by atoms with E-state index in [9.17, 15) is 9.90 Å². The molecule has 0 amide bonds. The average Bonchev–Trinajstić information content (AvgIpc) is 2.94. The zero-order chi connectivity index (χ0) is 25.4. The largest absolute Gasteiger partial charge is 0.392 e. The van der Waals surface area contributed by atoms with E-state index in [1.54, 1.807) is 6.20 Å². The number of H-pyrrole nitrogens is 1. The van der Waals surface area contributed by atoms with Crippen LogP contribution in [0, 0.1) is 6.92 Å². The first-order valence-corrected chi connectivity index (χ1v) is 12.8.